The molecule has 17 rings (SSSR count). The molecule has 718 valence electrons. The van der Waals surface area contributed by atoms with Crippen molar-refractivity contribution in [3.8, 4) is 0 Å². The number of β-lactam (4-membered cyclic amide) rings is 4. The number of likely N-dealkylation sites (tertiary alicyclic amines) is 4. The van der Waals surface area contributed by atoms with Crippen LogP contribution in [0.1, 0.15) is 143 Å². The van der Waals surface area contributed by atoms with Gasteiger partial charge in [-0.3, -0.25) is 58.0 Å². The highest BCUT2D eigenvalue weighted by Crippen LogP contribution is 2.44. The molecule has 12 N–H and O–H groups in total. The molecule has 32 heteroatoms. The highest BCUT2D eigenvalue weighted by molar-refractivity contribution is 6.16. The van der Waals surface area contributed by atoms with Gasteiger partial charge in [0.15, 0.2) is 0 Å². The number of imide groups is 4. The molecule has 8 heterocycles. The van der Waals surface area contributed by atoms with Crippen molar-refractivity contribution in [1.82, 2.24) is 60.8 Å². The normalized spacial score (nSPS) is 19.9. The first-order chi connectivity index (χ1) is 66.6. The van der Waals surface area contributed by atoms with Crippen LogP contribution in [0.3, 0.4) is 0 Å². The monoisotopic (exact) mass is 1870 g/mol. The lowest BCUT2D eigenvalue weighted by Crippen LogP contribution is -2.71. The Labute approximate surface area is 804 Å². The van der Waals surface area contributed by atoms with Gasteiger partial charge >= 0.3 is 24.1 Å². The van der Waals surface area contributed by atoms with Crippen LogP contribution in [0.15, 0.2) is 255 Å². The molecule has 16 amide bonds. The Kier molecular flexibility index (Phi) is 32.5. The number of para-hydroxylation sites is 4. The number of urea groups is 4. The summed E-state index contributed by atoms with van der Waals surface area (Å²) in [5.74, 6) is -2.54. The SMILES string of the molecule is CC[C@@H](NC(=O)N1C(=O)[C@H](Cc2ccnc(N)c2)[C@H]1C(=O)N(C)c1ccccc1)C1CC1.CC[C@@H](NC(=O)N1C(=O)[C@H](Cc2ccnc(N)c2)[C@H]1C(=O)N(C)c1ccccc1)c1ccccc1.CC[C@@H](NC(=O)N1C(=O)[C@H](Cc2ccnc(N)c2)[C@H]1C(=O)N(C)c1ccccc1)c1ccccc1.CN(C(=O)[C@@H]1[C@@H](Cc2ccnc(N)c2)C(=O)N1C(=O)N[C@H](C1CCCCC1)C1CC1)c1ccccc1. The number of benzene rings is 6. The van der Waals surface area contributed by atoms with E-state index in [0.717, 1.165) is 97.9 Å². The number of rotatable bonds is 28. The van der Waals surface area contributed by atoms with Gasteiger partial charge in [0.05, 0.1) is 35.8 Å². The lowest BCUT2D eigenvalue weighted by molar-refractivity contribution is -0.156. The van der Waals surface area contributed by atoms with E-state index < -0.39 is 72.0 Å². The number of nitrogens with zero attached hydrogens (tertiary/aromatic N) is 12. The van der Waals surface area contributed by atoms with E-state index in [-0.39, 0.29) is 84.3 Å². The van der Waals surface area contributed by atoms with E-state index in [4.69, 9.17) is 22.9 Å². The highest BCUT2D eigenvalue weighted by Gasteiger charge is 2.60. The number of carbonyl (C=O) groups excluding carboxylic acids is 12. The minimum absolute atomic E-state index is 0.0250. The van der Waals surface area contributed by atoms with E-state index in [1.165, 1.54) is 38.9 Å². The zero-order valence-electron chi connectivity index (χ0n) is 78.8. The second kappa shape index (κ2) is 45.4. The van der Waals surface area contributed by atoms with Gasteiger partial charge in [0, 0.05) is 87.8 Å². The third kappa shape index (κ3) is 23.3. The number of likely N-dealkylation sites (N-methyl/N-ethyl adjacent to an activating group) is 4. The third-order valence-electron chi connectivity index (χ3n) is 27.2. The van der Waals surface area contributed by atoms with Crippen LogP contribution < -0.4 is 63.8 Å². The summed E-state index contributed by atoms with van der Waals surface area (Å²) in [6.07, 6.45) is 19.8. The van der Waals surface area contributed by atoms with Gasteiger partial charge < -0.3 is 63.8 Å². The number of carbonyl (C=O) groups is 12. The van der Waals surface area contributed by atoms with E-state index in [9.17, 15) is 57.5 Å². The van der Waals surface area contributed by atoms with Gasteiger partial charge in [-0.15, -0.1) is 0 Å². The summed E-state index contributed by atoms with van der Waals surface area (Å²) in [5.41, 5.74) is 31.1. The molecule has 0 unspecified atom stereocenters. The van der Waals surface area contributed by atoms with Crippen molar-refractivity contribution in [3.05, 3.63) is 289 Å². The van der Waals surface area contributed by atoms with Gasteiger partial charge in [-0.2, -0.15) is 0 Å². The minimum atomic E-state index is -0.935. The van der Waals surface area contributed by atoms with Crippen molar-refractivity contribution >= 4 is 117 Å². The summed E-state index contributed by atoms with van der Waals surface area (Å²) >= 11 is 0. The van der Waals surface area contributed by atoms with Gasteiger partial charge in [0.25, 0.3) is 23.6 Å². The van der Waals surface area contributed by atoms with Crippen molar-refractivity contribution in [2.75, 3.05) is 70.7 Å². The summed E-state index contributed by atoms with van der Waals surface area (Å²) in [4.78, 5) is 187. The fraction of sp³-hybridized carbons (Fsp3) is 0.358. The fourth-order valence-corrected chi connectivity index (χ4v) is 19.1. The molecular weight excluding hydrogens is 1750 g/mol. The van der Waals surface area contributed by atoms with Crippen molar-refractivity contribution < 1.29 is 57.5 Å². The first kappa shape index (κ1) is 98.7. The number of nitrogen functional groups attached to an aromatic ring is 4. The van der Waals surface area contributed by atoms with Gasteiger partial charge in [0.2, 0.25) is 23.6 Å². The molecular formula is C106H122N20O12. The van der Waals surface area contributed by atoms with E-state index >= 15 is 0 Å². The van der Waals surface area contributed by atoms with Crippen LogP contribution in [0.5, 0.6) is 0 Å². The van der Waals surface area contributed by atoms with Crippen molar-refractivity contribution in [1.29, 1.82) is 0 Å². The molecule has 6 aromatic carbocycles. The first-order valence-electron chi connectivity index (χ1n) is 47.4. The van der Waals surface area contributed by atoms with E-state index in [0.29, 0.717) is 89.5 Å². The summed E-state index contributed by atoms with van der Waals surface area (Å²) < 4.78 is 0. The molecule has 4 aliphatic heterocycles. The number of amides is 16. The van der Waals surface area contributed by atoms with E-state index in [2.05, 4.69) is 41.2 Å². The quantitative estimate of drug-likeness (QED) is 0.0211. The standard InChI is InChI=1S/C28H35N5O3.2C27H29N5O3.C24H29N5O3/c1-32(21-10-6-3-7-11-21)27(35)25-22(16-18-14-15-30-23(29)17-18)26(34)33(25)28(36)31-24(20-12-13-20)19-8-4-2-5-9-19;2*1-3-22(19-10-6-4-7-11-19)30-27(35)32-24(26(34)31(2)20-12-8-5-9-13-20)21(25(32)33)16-18-14-15-29-23(28)17-18;1-3-19(16-9-10-16)27-24(32)29-21(23(31)28(2)17-7-5-4-6-8-17)18(22(29)30)13-15-11-12-26-20(25)14-15/h3,6-7,10-11,14-15,17,19-20,22,24-25H,2,4-5,8-9,12-13,16H2,1H3,(H2,29,30)(H,31,36);2*4-15,17,21-22,24H,3,16H2,1-2H3,(H2,28,29)(H,30,35);4-8,11-12,14,16,18-19,21H,3,9-10,13H2,1-2H3,(H2,25,26)(H,27,32)/t22-,24-,25+;2*21-,22-,24+;18-,19-,21+/m1111/s1. The number of nitrogens with one attached hydrogen (secondary N) is 4. The maximum absolute atomic E-state index is 13.7. The van der Waals surface area contributed by atoms with Crippen molar-refractivity contribution in [3.63, 3.8) is 0 Å². The average molecular weight is 1870 g/mol. The Bertz CT molecular complexity index is 5770. The van der Waals surface area contributed by atoms with Crippen LogP contribution in [0.25, 0.3) is 0 Å². The summed E-state index contributed by atoms with van der Waals surface area (Å²) in [6, 6.07) is 63.6. The molecule has 10 aromatic rings. The number of aromatic nitrogens is 4. The Hall–Kier alpha value is -15.2. The average Bonchev–Trinajstić information content (AvgIpc) is 1.27. The third-order valence-corrected chi connectivity index (χ3v) is 27.2. The van der Waals surface area contributed by atoms with Crippen molar-refractivity contribution in [2.45, 2.75) is 172 Å². The molecule has 7 fully saturated rings. The molecule has 3 saturated carbocycles. The van der Waals surface area contributed by atoms with Crippen LogP contribution in [0.2, 0.25) is 0 Å². The highest BCUT2D eigenvalue weighted by atomic mass is 16.2. The number of anilines is 8. The second-order valence-electron chi connectivity index (χ2n) is 36.3. The topological polar surface area (TPSA) is 435 Å². The number of pyridine rings is 4. The number of hydrogen-bond donors (Lipinski definition) is 8. The summed E-state index contributed by atoms with van der Waals surface area (Å²) in [6.45, 7) is 5.93. The number of hydrogen-bond acceptors (Lipinski definition) is 20. The van der Waals surface area contributed by atoms with E-state index in [1.54, 1.807) is 102 Å². The number of nitrogens with two attached hydrogens (primary N) is 4. The fourth-order valence-electron chi connectivity index (χ4n) is 19.1. The van der Waals surface area contributed by atoms with Crippen LogP contribution >= 0.6 is 0 Å². The lowest BCUT2D eigenvalue weighted by Gasteiger charge is -2.46. The summed E-state index contributed by atoms with van der Waals surface area (Å²) in [7, 11) is 6.65. The molecule has 12 atom stereocenters. The molecule has 4 saturated heterocycles. The molecule has 32 nitrogen and oxygen atoms in total. The van der Waals surface area contributed by atoms with Crippen LogP contribution in [0.4, 0.5) is 65.2 Å². The van der Waals surface area contributed by atoms with Gasteiger partial charge in [-0.25, -0.2) is 39.1 Å². The largest absolute Gasteiger partial charge is 0.384 e. The van der Waals surface area contributed by atoms with Gasteiger partial charge in [0.1, 0.15) is 47.4 Å². The van der Waals surface area contributed by atoms with Crippen molar-refractivity contribution in [2.24, 2.45) is 41.4 Å². The maximum Gasteiger partial charge on any atom is 0.325 e. The van der Waals surface area contributed by atoms with Crippen LogP contribution in [-0.4, -0.2) is 175 Å². The van der Waals surface area contributed by atoms with Gasteiger partial charge in [-0.05, 0) is 232 Å². The predicted molar refractivity (Wildman–Crippen MR) is 528 cm³/mol. The molecule has 0 bridgehead atoms. The maximum atomic E-state index is 13.7. The second-order valence-corrected chi connectivity index (χ2v) is 36.3. The molecule has 3 aliphatic carbocycles. The zero-order valence-corrected chi connectivity index (χ0v) is 78.8. The van der Waals surface area contributed by atoms with Gasteiger partial charge in [-0.1, -0.05) is 173 Å². The zero-order chi connectivity index (χ0) is 98.0. The minimum Gasteiger partial charge on any atom is -0.384 e. The predicted octanol–water partition coefficient (Wildman–Crippen LogP) is 13.5. The molecule has 7 aliphatic rings. The smallest absolute Gasteiger partial charge is 0.325 e. The van der Waals surface area contributed by atoms with Crippen LogP contribution in [0, 0.1) is 41.4 Å². The Balaban J connectivity index is 0.000000147. The molecule has 138 heavy (non-hydrogen) atoms. The Morgan fingerprint density at radius 2 is 0.565 bits per heavy atom. The Morgan fingerprint density at radius 1 is 0.319 bits per heavy atom. The summed E-state index contributed by atoms with van der Waals surface area (Å²) in [5, 5.41) is 12.1. The lowest BCUT2D eigenvalue weighted by atomic mass is 9.80. The molecule has 0 radical (unpaired) electrons. The van der Waals surface area contributed by atoms with Crippen LogP contribution in [-0.2, 0) is 64.0 Å². The molecule has 4 aromatic heterocycles. The Morgan fingerprint density at radius 3 is 0.812 bits per heavy atom. The first-order valence-corrected chi connectivity index (χ1v) is 47.4. The molecule has 0 spiro atoms. The van der Waals surface area contributed by atoms with E-state index in [1.807, 2.05) is 203 Å².